The topological polar surface area (TPSA) is 17.1 Å². The highest BCUT2D eigenvalue weighted by atomic mass is 16.1. The third-order valence-corrected chi connectivity index (χ3v) is 5.04. The molecule has 1 saturated carbocycles. The second kappa shape index (κ2) is 5.54. The first-order chi connectivity index (χ1) is 7.71. The molecule has 0 heterocycles. The van der Waals surface area contributed by atoms with Crippen LogP contribution in [0.25, 0.3) is 0 Å². The molecule has 17 heavy (non-hydrogen) atoms. The van der Waals surface area contributed by atoms with Crippen LogP contribution < -0.4 is 0 Å². The first-order valence-electron chi connectivity index (χ1n) is 7.24. The summed E-state index contributed by atoms with van der Waals surface area (Å²) in [6.07, 6.45) is 4.26. The Bertz CT molecular complexity index is 261. The third-order valence-electron chi connectivity index (χ3n) is 5.04. The number of carbonyl (C=O) groups excluding carboxylic acids is 1. The van der Waals surface area contributed by atoms with E-state index in [2.05, 4.69) is 41.5 Å². The van der Waals surface area contributed by atoms with Gasteiger partial charge in [-0.1, -0.05) is 41.5 Å². The van der Waals surface area contributed by atoms with Crippen LogP contribution in [0.2, 0.25) is 0 Å². The zero-order valence-electron chi connectivity index (χ0n) is 12.5. The van der Waals surface area contributed by atoms with Crippen LogP contribution in [0, 0.1) is 29.1 Å². The largest absolute Gasteiger partial charge is 0.299 e. The normalized spacial score (nSPS) is 32.2. The van der Waals surface area contributed by atoms with Crippen LogP contribution >= 0.6 is 0 Å². The number of rotatable bonds is 3. The number of Topliss-reactive ketones (excluding diaryl/α,β-unsaturated/α-hetero) is 1. The van der Waals surface area contributed by atoms with E-state index in [0.717, 1.165) is 31.1 Å². The Balaban J connectivity index is 2.49. The summed E-state index contributed by atoms with van der Waals surface area (Å²) in [7, 11) is 0. The molecule has 0 aromatic heterocycles. The lowest BCUT2D eigenvalue weighted by molar-refractivity contribution is -0.126. The smallest absolute Gasteiger partial charge is 0.136 e. The molecule has 0 radical (unpaired) electrons. The first-order valence-corrected chi connectivity index (χ1v) is 7.24. The predicted molar refractivity (Wildman–Crippen MR) is 73.9 cm³/mol. The van der Waals surface area contributed by atoms with Gasteiger partial charge in [-0.05, 0) is 42.4 Å². The summed E-state index contributed by atoms with van der Waals surface area (Å²) in [5.41, 5.74) is 0.253. The lowest BCUT2D eigenvalue weighted by Crippen LogP contribution is -2.29. The predicted octanol–water partition coefficient (Wildman–Crippen LogP) is 4.70. The van der Waals surface area contributed by atoms with Gasteiger partial charge >= 0.3 is 0 Å². The molecule has 4 atom stereocenters. The summed E-state index contributed by atoms with van der Waals surface area (Å²) >= 11 is 0. The van der Waals surface area contributed by atoms with Gasteiger partial charge in [0.2, 0.25) is 0 Å². The summed E-state index contributed by atoms with van der Waals surface area (Å²) in [4.78, 5) is 12.3. The average molecular weight is 238 g/mol. The van der Waals surface area contributed by atoms with E-state index in [1.807, 2.05) is 0 Å². The van der Waals surface area contributed by atoms with Gasteiger partial charge < -0.3 is 0 Å². The van der Waals surface area contributed by atoms with Crippen molar-refractivity contribution in [1.82, 2.24) is 0 Å². The Morgan fingerprint density at radius 3 is 2.24 bits per heavy atom. The first kappa shape index (κ1) is 14.7. The fraction of sp³-hybridized carbons (Fsp3) is 0.938. The van der Waals surface area contributed by atoms with Crippen molar-refractivity contribution < 1.29 is 4.79 Å². The maximum absolute atomic E-state index is 12.3. The number of hydrogen-bond donors (Lipinski definition) is 0. The summed E-state index contributed by atoms with van der Waals surface area (Å²) in [6.45, 7) is 13.5. The van der Waals surface area contributed by atoms with E-state index in [9.17, 15) is 4.79 Å². The maximum Gasteiger partial charge on any atom is 0.136 e. The number of carbonyl (C=O) groups is 1. The van der Waals surface area contributed by atoms with Gasteiger partial charge in [-0.25, -0.2) is 0 Å². The van der Waals surface area contributed by atoms with Crippen molar-refractivity contribution in [3.63, 3.8) is 0 Å². The van der Waals surface area contributed by atoms with Gasteiger partial charge in [0.05, 0.1) is 0 Å². The van der Waals surface area contributed by atoms with E-state index in [0.29, 0.717) is 17.6 Å². The van der Waals surface area contributed by atoms with Crippen molar-refractivity contribution >= 4 is 5.78 Å². The minimum atomic E-state index is 0.253. The molecule has 1 rings (SSSR count). The molecule has 1 heteroatoms. The molecule has 1 fully saturated rings. The second-order valence-corrected chi connectivity index (χ2v) is 7.40. The van der Waals surface area contributed by atoms with Crippen molar-refractivity contribution in [2.24, 2.45) is 29.1 Å². The van der Waals surface area contributed by atoms with E-state index < -0.39 is 0 Å². The van der Waals surface area contributed by atoms with Gasteiger partial charge in [-0.2, -0.15) is 0 Å². The van der Waals surface area contributed by atoms with Gasteiger partial charge in [0.25, 0.3) is 0 Å². The number of hydrogen-bond acceptors (Lipinski definition) is 1. The van der Waals surface area contributed by atoms with E-state index in [1.165, 1.54) is 6.42 Å². The van der Waals surface area contributed by atoms with Crippen LogP contribution in [0.5, 0.6) is 0 Å². The molecular formula is C16H30O. The monoisotopic (exact) mass is 238 g/mol. The van der Waals surface area contributed by atoms with E-state index >= 15 is 0 Å². The van der Waals surface area contributed by atoms with Crippen molar-refractivity contribution in [3.8, 4) is 0 Å². The van der Waals surface area contributed by atoms with Crippen molar-refractivity contribution in [2.75, 3.05) is 0 Å². The van der Waals surface area contributed by atoms with E-state index in [-0.39, 0.29) is 5.41 Å². The summed E-state index contributed by atoms with van der Waals surface area (Å²) in [5.74, 6) is 2.89. The average Bonchev–Trinajstić information content (AvgIpc) is 2.20. The zero-order chi connectivity index (χ0) is 13.2. The summed E-state index contributed by atoms with van der Waals surface area (Å²) < 4.78 is 0. The fourth-order valence-electron chi connectivity index (χ4n) is 2.61. The Kier molecular flexibility index (Phi) is 4.80. The third kappa shape index (κ3) is 4.12. The fourth-order valence-corrected chi connectivity index (χ4v) is 2.61. The van der Waals surface area contributed by atoms with Crippen molar-refractivity contribution in [1.29, 1.82) is 0 Å². The molecule has 0 N–H and O–H groups in total. The van der Waals surface area contributed by atoms with Crippen LogP contribution in [0.15, 0.2) is 0 Å². The molecule has 0 bridgehead atoms. The molecule has 100 valence electrons. The van der Waals surface area contributed by atoms with Crippen molar-refractivity contribution in [3.05, 3.63) is 0 Å². The number of ketones is 1. The Labute approximate surface area is 107 Å². The van der Waals surface area contributed by atoms with E-state index in [1.54, 1.807) is 0 Å². The van der Waals surface area contributed by atoms with Crippen LogP contribution in [-0.2, 0) is 4.79 Å². The quantitative estimate of drug-likeness (QED) is 0.696. The molecule has 0 aromatic carbocycles. The summed E-state index contributed by atoms with van der Waals surface area (Å²) in [5, 5.41) is 0. The SMILES string of the molecule is CC1CCC(C(=O)CC(C)C(C)(C)C)CC1C. The molecule has 0 spiro atoms. The molecule has 1 aliphatic carbocycles. The Morgan fingerprint density at radius 1 is 1.18 bits per heavy atom. The van der Waals surface area contributed by atoms with Crippen LogP contribution in [0.1, 0.15) is 67.2 Å². The minimum Gasteiger partial charge on any atom is -0.299 e. The van der Waals surface area contributed by atoms with Crippen LogP contribution in [0.4, 0.5) is 0 Å². The Hall–Kier alpha value is -0.330. The molecule has 0 saturated heterocycles. The molecule has 0 aliphatic heterocycles. The van der Waals surface area contributed by atoms with Gasteiger partial charge in [0.15, 0.2) is 0 Å². The van der Waals surface area contributed by atoms with E-state index in [4.69, 9.17) is 0 Å². The van der Waals surface area contributed by atoms with Gasteiger partial charge in [0, 0.05) is 12.3 Å². The lowest BCUT2D eigenvalue weighted by Gasteiger charge is -2.33. The minimum absolute atomic E-state index is 0.253. The molecule has 1 nitrogen and oxygen atoms in total. The molecule has 1 aliphatic rings. The summed E-state index contributed by atoms with van der Waals surface area (Å²) in [6, 6.07) is 0. The van der Waals surface area contributed by atoms with Crippen LogP contribution in [0.3, 0.4) is 0 Å². The molecule has 0 amide bonds. The highest BCUT2D eigenvalue weighted by Gasteiger charge is 2.31. The second-order valence-electron chi connectivity index (χ2n) is 7.40. The Morgan fingerprint density at radius 2 is 1.76 bits per heavy atom. The lowest BCUT2D eigenvalue weighted by atomic mass is 9.71. The van der Waals surface area contributed by atoms with Crippen molar-refractivity contribution in [2.45, 2.75) is 67.2 Å². The van der Waals surface area contributed by atoms with Crippen LogP contribution in [-0.4, -0.2) is 5.78 Å². The molecular weight excluding hydrogens is 208 g/mol. The highest BCUT2D eigenvalue weighted by Crippen LogP contribution is 2.36. The van der Waals surface area contributed by atoms with Gasteiger partial charge in [0.1, 0.15) is 5.78 Å². The molecule has 0 aromatic rings. The standard InChI is InChI=1S/C16H30O/c1-11-7-8-14(9-12(11)2)15(17)10-13(3)16(4,5)6/h11-14H,7-10H2,1-6H3. The highest BCUT2D eigenvalue weighted by molar-refractivity contribution is 5.81. The van der Waals surface area contributed by atoms with Gasteiger partial charge in [-0.15, -0.1) is 0 Å². The zero-order valence-corrected chi connectivity index (χ0v) is 12.5. The van der Waals surface area contributed by atoms with Gasteiger partial charge in [-0.3, -0.25) is 4.79 Å². The maximum atomic E-state index is 12.3. The molecule has 4 unspecified atom stereocenters.